The third kappa shape index (κ3) is 5.78. The van der Waals surface area contributed by atoms with E-state index in [1.165, 1.54) is 17.7 Å². The van der Waals surface area contributed by atoms with Gasteiger partial charge in [0.1, 0.15) is 19.0 Å². The summed E-state index contributed by atoms with van der Waals surface area (Å²) in [5, 5.41) is 10.5. The number of hydrogen-bond donors (Lipinski definition) is 1. The molecule has 0 spiro atoms. The normalized spacial score (nSPS) is 11.2. The van der Waals surface area contributed by atoms with E-state index in [0.29, 0.717) is 34.6 Å². The van der Waals surface area contributed by atoms with E-state index in [9.17, 15) is 9.90 Å². The SMILES string of the molecule is COc1cc(-n2ccc(OCc3ccc(Cl)cc3)cc2=O)ccc1OCC(C)(C)O. The molecule has 3 rings (SSSR count). The molecule has 0 fully saturated rings. The molecule has 6 nitrogen and oxygen atoms in total. The Morgan fingerprint density at radius 1 is 1.00 bits per heavy atom. The van der Waals surface area contributed by atoms with E-state index in [1.54, 1.807) is 56.4 Å². The third-order valence-electron chi connectivity index (χ3n) is 4.22. The van der Waals surface area contributed by atoms with E-state index in [2.05, 4.69) is 0 Å². The maximum Gasteiger partial charge on any atom is 0.258 e. The number of aromatic nitrogens is 1. The minimum atomic E-state index is -0.970. The number of halogens is 1. The molecule has 0 aliphatic rings. The lowest BCUT2D eigenvalue weighted by Crippen LogP contribution is -2.28. The first kappa shape index (κ1) is 21.7. The van der Waals surface area contributed by atoms with Gasteiger partial charge in [-0.15, -0.1) is 0 Å². The van der Waals surface area contributed by atoms with Gasteiger partial charge in [-0.1, -0.05) is 23.7 Å². The Labute approximate surface area is 180 Å². The molecule has 30 heavy (non-hydrogen) atoms. The highest BCUT2D eigenvalue weighted by Gasteiger charge is 2.16. The van der Waals surface area contributed by atoms with Gasteiger partial charge in [-0.05, 0) is 49.7 Å². The van der Waals surface area contributed by atoms with Crippen molar-refractivity contribution >= 4 is 11.6 Å². The lowest BCUT2D eigenvalue weighted by atomic mass is 10.2. The summed E-state index contributed by atoms with van der Waals surface area (Å²) >= 11 is 5.88. The minimum Gasteiger partial charge on any atom is -0.493 e. The molecule has 0 atom stereocenters. The largest absolute Gasteiger partial charge is 0.493 e. The average Bonchev–Trinajstić information content (AvgIpc) is 2.71. The summed E-state index contributed by atoms with van der Waals surface area (Å²) < 4.78 is 18.2. The summed E-state index contributed by atoms with van der Waals surface area (Å²) in [5.41, 5.74) is 0.366. The second-order valence-corrected chi connectivity index (χ2v) is 7.86. The number of aliphatic hydroxyl groups is 1. The Balaban J connectivity index is 1.75. The molecule has 1 aromatic heterocycles. The van der Waals surface area contributed by atoms with Gasteiger partial charge in [0.25, 0.3) is 5.56 Å². The van der Waals surface area contributed by atoms with Crippen molar-refractivity contribution in [3.63, 3.8) is 0 Å². The summed E-state index contributed by atoms with van der Waals surface area (Å²) in [5.74, 6) is 1.43. The Morgan fingerprint density at radius 2 is 1.73 bits per heavy atom. The fourth-order valence-corrected chi connectivity index (χ4v) is 2.82. The zero-order valence-corrected chi connectivity index (χ0v) is 17.8. The number of methoxy groups -OCH3 is 1. The molecule has 0 saturated carbocycles. The Morgan fingerprint density at radius 3 is 2.37 bits per heavy atom. The van der Waals surface area contributed by atoms with E-state index in [-0.39, 0.29) is 12.2 Å². The van der Waals surface area contributed by atoms with Crippen LogP contribution in [0.3, 0.4) is 0 Å². The van der Waals surface area contributed by atoms with Crippen LogP contribution in [0.15, 0.2) is 65.6 Å². The molecule has 3 aromatic rings. The topological polar surface area (TPSA) is 69.9 Å². The zero-order valence-electron chi connectivity index (χ0n) is 17.1. The third-order valence-corrected chi connectivity index (χ3v) is 4.47. The van der Waals surface area contributed by atoms with Crippen LogP contribution in [0.2, 0.25) is 5.02 Å². The molecule has 0 bridgehead atoms. The lowest BCUT2D eigenvalue weighted by Gasteiger charge is -2.19. The molecule has 0 amide bonds. The Hall–Kier alpha value is -2.96. The van der Waals surface area contributed by atoms with Gasteiger partial charge in [-0.2, -0.15) is 0 Å². The van der Waals surface area contributed by atoms with Crippen molar-refractivity contribution in [2.45, 2.75) is 26.1 Å². The van der Waals surface area contributed by atoms with Crippen molar-refractivity contribution in [2.75, 3.05) is 13.7 Å². The van der Waals surface area contributed by atoms with Crippen LogP contribution in [0.5, 0.6) is 17.2 Å². The molecule has 0 aliphatic heterocycles. The Kier molecular flexibility index (Phi) is 6.70. The van der Waals surface area contributed by atoms with Crippen molar-refractivity contribution in [1.29, 1.82) is 0 Å². The van der Waals surface area contributed by atoms with Crippen LogP contribution in [0, 0.1) is 0 Å². The lowest BCUT2D eigenvalue weighted by molar-refractivity contribution is 0.0276. The van der Waals surface area contributed by atoms with E-state index in [0.717, 1.165) is 5.56 Å². The molecule has 2 aromatic carbocycles. The highest BCUT2D eigenvalue weighted by molar-refractivity contribution is 6.30. The van der Waals surface area contributed by atoms with Gasteiger partial charge in [0, 0.05) is 23.4 Å². The molecule has 0 unspecified atom stereocenters. The van der Waals surface area contributed by atoms with E-state index >= 15 is 0 Å². The first-order valence-corrected chi connectivity index (χ1v) is 9.76. The minimum absolute atomic E-state index is 0.113. The van der Waals surface area contributed by atoms with Crippen molar-refractivity contribution in [3.8, 4) is 22.9 Å². The average molecular weight is 430 g/mol. The Bertz CT molecular complexity index is 1050. The van der Waals surface area contributed by atoms with Gasteiger partial charge in [-0.25, -0.2) is 0 Å². The van der Waals surface area contributed by atoms with Crippen LogP contribution in [0.1, 0.15) is 19.4 Å². The highest BCUT2D eigenvalue weighted by atomic mass is 35.5. The molecule has 0 radical (unpaired) electrons. The maximum atomic E-state index is 12.6. The van der Waals surface area contributed by atoms with Crippen LogP contribution >= 0.6 is 11.6 Å². The molecule has 0 saturated heterocycles. The van der Waals surface area contributed by atoms with Crippen LogP contribution in [0.25, 0.3) is 5.69 Å². The zero-order chi connectivity index (χ0) is 21.7. The van der Waals surface area contributed by atoms with Gasteiger partial charge in [0.15, 0.2) is 11.5 Å². The summed E-state index contributed by atoms with van der Waals surface area (Å²) in [6, 6.07) is 15.6. The molecule has 1 N–H and O–H groups in total. The van der Waals surface area contributed by atoms with Gasteiger partial charge >= 0.3 is 0 Å². The summed E-state index contributed by atoms with van der Waals surface area (Å²) in [6.07, 6.45) is 1.64. The standard InChI is InChI=1S/C23H24ClNO5/c1-23(2,27)15-30-20-9-8-18(12-21(20)28-3)25-11-10-19(13-22(25)26)29-14-16-4-6-17(24)7-5-16/h4-13,27H,14-15H2,1-3H3. The second-order valence-electron chi connectivity index (χ2n) is 7.42. The van der Waals surface area contributed by atoms with Gasteiger partial charge in [0.2, 0.25) is 0 Å². The van der Waals surface area contributed by atoms with Crippen LogP contribution in [-0.4, -0.2) is 29.0 Å². The van der Waals surface area contributed by atoms with Gasteiger partial charge in [-0.3, -0.25) is 9.36 Å². The van der Waals surface area contributed by atoms with Crippen molar-refractivity contribution in [2.24, 2.45) is 0 Å². The van der Waals surface area contributed by atoms with Crippen molar-refractivity contribution in [1.82, 2.24) is 4.57 Å². The predicted octanol–water partition coefficient (Wildman–Crippen LogP) is 4.23. The number of hydrogen-bond acceptors (Lipinski definition) is 5. The predicted molar refractivity (Wildman–Crippen MR) is 116 cm³/mol. The second kappa shape index (κ2) is 9.24. The maximum absolute atomic E-state index is 12.6. The number of benzene rings is 2. The fourth-order valence-electron chi connectivity index (χ4n) is 2.69. The first-order chi connectivity index (χ1) is 14.2. The summed E-state index contributed by atoms with van der Waals surface area (Å²) in [6.45, 7) is 3.76. The number of ether oxygens (including phenoxy) is 3. The molecular formula is C23H24ClNO5. The number of pyridine rings is 1. The van der Waals surface area contributed by atoms with Gasteiger partial charge < -0.3 is 19.3 Å². The summed E-state index contributed by atoms with van der Waals surface area (Å²) in [7, 11) is 1.52. The smallest absolute Gasteiger partial charge is 0.258 e. The van der Waals surface area contributed by atoms with Crippen LogP contribution in [-0.2, 0) is 6.61 Å². The quantitative estimate of drug-likeness (QED) is 0.580. The molecular weight excluding hydrogens is 406 g/mol. The van der Waals surface area contributed by atoms with Crippen molar-refractivity contribution < 1.29 is 19.3 Å². The van der Waals surface area contributed by atoms with E-state index in [4.69, 9.17) is 25.8 Å². The molecule has 158 valence electrons. The van der Waals surface area contributed by atoms with E-state index in [1.807, 2.05) is 12.1 Å². The van der Waals surface area contributed by atoms with Crippen LogP contribution in [0.4, 0.5) is 0 Å². The molecule has 0 aliphatic carbocycles. The van der Waals surface area contributed by atoms with E-state index < -0.39 is 5.60 Å². The molecule has 1 heterocycles. The molecule has 7 heteroatoms. The highest BCUT2D eigenvalue weighted by Crippen LogP contribution is 2.30. The fraction of sp³-hybridized carbons (Fsp3) is 0.261. The van der Waals surface area contributed by atoms with Gasteiger partial charge in [0.05, 0.1) is 18.4 Å². The number of rotatable bonds is 8. The van der Waals surface area contributed by atoms with Crippen molar-refractivity contribution in [3.05, 3.63) is 81.7 Å². The first-order valence-electron chi connectivity index (χ1n) is 9.39. The monoisotopic (exact) mass is 429 g/mol. The number of nitrogens with zero attached hydrogens (tertiary/aromatic N) is 1. The van der Waals surface area contributed by atoms with Crippen LogP contribution < -0.4 is 19.8 Å². The summed E-state index contributed by atoms with van der Waals surface area (Å²) in [4.78, 5) is 12.6.